The van der Waals surface area contributed by atoms with Crippen LogP contribution in [0, 0.1) is 5.82 Å². The van der Waals surface area contributed by atoms with Crippen molar-refractivity contribution >= 4 is 23.1 Å². The standard InChI is InChI=1S/C17H15ClFNO/c18-16-9-13(19)6-5-11(16)7-14(21)8-12-10-20-17-4-2-1-3-15(12)17/h1-6,9,12,20H,7-8,10H2. The minimum atomic E-state index is -0.384. The number of benzene rings is 2. The number of hydrogen-bond acceptors (Lipinski definition) is 2. The predicted octanol–water partition coefficient (Wildman–Crippen LogP) is 4.19. The summed E-state index contributed by atoms with van der Waals surface area (Å²) in [6.45, 7) is 0.780. The zero-order chi connectivity index (χ0) is 14.8. The Hall–Kier alpha value is -1.87. The van der Waals surface area contributed by atoms with E-state index in [-0.39, 0.29) is 23.9 Å². The normalized spacial score (nSPS) is 16.4. The Morgan fingerprint density at radius 2 is 2.10 bits per heavy atom. The first-order chi connectivity index (χ1) is 10.1. The van der Waals surface area contributed by atoms with Crippen LogP contribution in [0.4, 0.5) is 10.1 Å². The zero-order valence-corrected chi connectivity index (χ0v) is 12.2. The largest absolute Gasteiger partial charge is 0.384 e. The third-order valence-electron chi connectivity index (χ3n) is 3.82. The van der Waals surface area contributed by atoms with Gasteiger partial charge in [0.25, 0.3) is 0 Å². The van der Waals surface area contributed by atoms with Crippen molar-refractivity contribution in [3.05, 3.63) is 64.4 Å². The molecule has 21 heavy (non-hydrogen) atoms. The Morgan fingerprint density at radius 1 is 1.29 bits per heavy atom. The first kappa shape index (κ1) is 14.1. The van der Waals surface area contributed by atoms with Crippen LogP contribution in [0.25, 0.3) is 0 Å². The van der Waals surface area contributed by atoms with Crippen molar-refractivity contribution in [2.75, 3.05) is 11.9 Å². The van der Waals surface area contributed by atoms with Crippen molar-refractivity contribution in [3.8, 4) is 0 Å². The first-order valence-corrected chi connectivity index (χ1v) is 7.29. The topological polar surface area (TPSA) is 29.1 Å². The minimum Gasteiger partial charge on any atom is -0.384 e. The lowest BCUT2D eigenvalue weighted by Crippen LogP contribution is -2.11. The molecule has 1 N–H and O–H groups in total. The Balaban J connectivity index is 1.68. The van der Waals surface area contributed by atoms with Gasteiger partial charge in [0, 0.05) is 36.0 Å². The highest BCUT2D eigenvalue weighted by Crippen LogP contribution is 2.33. The van der Waals surface area contributed by atoms with E-state index in [0.29, 0.717) is 17.0 Å². The molecule has 4 heteroatoms. The quantitative estimate of drug-likeness (QED) is 0.917. The van der Waals surface area contributed by atoms with Gasteiger partial charge >= 0.3 is 0 Å². The third-order valence-corrected chi connectivity index (χ3v) is 4.17. The van der Waals surface area contributed by atoms with Crippen LogP contribution < -0.4 is 5.32 Å². The lowest BCUT2D eigenvalue weighted by atomic mass is 9.93. The van der Waals surface area contributed by atoms with Crippen LogP contribution in [0.5, 0.6) is 0 Å². The van der Waals surface area contributed by atoms with E-state index in [2.05, 4.69) is 11.4 Å². The summed E-state index contributed by atoms with van der Waals surface area (Å²) in [7, 11) is 0. The second kappa shape index (κ2) is 5.86. The second-order valence-electron chi connectivity index (χ2n) is 5.32. The predicted molar refractivity (Wildman–Crippen MR) is 82.4 cm³/mol. The highest BCUT2D eigenvalue weighted by molar-refractivity contribution is 6.31. The number of hydrogen-bond donors (Lipinski definition) is 1. The summed E-state index contributed by atoms with van der Waals surface area (Å²) in [4.78, 5) is 12.2. The summed E-state index contributed by atoms with van der Waals surface area (Å²) in [6.07, 6.45) is 0.718. The number of ketones is 1. The number of Topliss-reactive ketones (excluding diaryl/α,β-unsaturated/α-hetero) is 1. The maximum absolute atomic E-state index is 13.0. The maximum Gasteiger partial charge on any atom is 0.138 e. The lowest BCUT2D eigenvalue weighted by molar-refractivity contribution is -0.118. The molecule has 2 nitrogen and oxygen atoms in total. The van der Waals surface area contributed by atoms with Gasteiger partial charge in [0.2, 0.25) is 0 Å². The Labute approximate surface area is 127 Å². The number of carbonyl (C=O) groups excluding carboxylic acids is 1. The molecule has 1 heterocycles. The van der Waals surface area contributed by atoms with Gasteiger partial charge in [-0.05, 0) is 29.3 Å². The summed E-state index contributed by atoms with van der Waals surface area (Å²) < 4.78 is 13.0. The number of rotatable bonds is 4. The van der Waals surface area contributed by atoms with Crippen molar-refractivity contribution < 1.29 is 9.18 Å². The molecule has 1 aliphatic rings. The summed E-state index contributed by atoms with van der Waals surface area (Å²) in [5, 5.41) is 3.62. The van der Waals surface area contributed by atoms with Crippen LogP contribution in [0.15, 0.2) is 42.5 Å². The smallest absolute Gasteiger partial charge is 0.138 e. The summed E-state index contributed by atoms with van der Waals surface area (Å²) in [5.74, 6) is -0.0648. The van der Waals surface area contributed by atoms with E-state index in [1.165, 1.54) is 17.7 Å². The molecular weight excluding hydrogens is 289 g/mol. The third kappa shape index (κ3) is 3.08. The van der Waals surface area contributed by atoms with Crippen LogP contribution in [0.3, 0.4) is 0 Å². The van der Waals surface area contributed by atoms with Crippen molar-refractivity contribution in [2.24, 2.45) is 0 Å². The molecule has 1 aliphatic heterocycles. The minimum absolute atomic E-state index is 0.118. The van der Waals surface area contributed by atoms with E-state index >= 15 is 0 Å². The van der Waals surface area contributed by atoms with Gasteiger partial charge in [0.15, 0.2) is 0 Å². The molecule has 0 spiro atoms. The zero-order valence-electron chi connectivity index (χ0n) is 11.4. The second-order valence-corrected chi connectivity index (χ2v) is 5.73. The molecule has 108 valence electrons. The first-order valence-electron chi connectivity index (χ1n) is 6.92. The van der Waals surface area contributed by atoms with E-state index in [4.69, 9.17) is 11.6 Å². The molecule has 0 fully saturated rings. The van der Waals surface area contributed by atoms with E-state index < -0.39 is 0 Å². The van der Waals surface area contributed by atoms with Crippen LogP contribution in [0.2, 0.25) is 5.02 Å². The molecule has 2 aromatic rings. The van der Waals surface area contributed by atoms with Gasteiger partial charge in [0.1, 0.15) is 11.6 Å². The van der Waals surface area contributed by atoms with Gasteiger partial charge in [-0.2, -0.15) is 0 Å². The summed E-state index contributed by atoms with van der Waals surface area (Å²) >= 11 is 5.97. The molecule has 0 aromatic heterocycles. The molecule has 0 saturated carbocycles. The van der Waals surface area contributed by atoms with Gasteiger partial charge in [-0.15, -0.1) is 0 Å². The van der Waals surface area contributed by atoms with Gasteiger partial charge < -0.3 is 5.32 Å². The number of para-hydroxylation sites is 1. The van der Waals surface area contributed by atoms with Crippen LogP contribution >= 0.6 is 11.6 Å². The molecule has 0 amide bonds. The number of carbonyl (C=O) groups is 1. The van der Waals surface area contributed by atoms with Gasteiger partial charge in [0.05, 0.1) is 0 Å². The maximum atomic E-state index is 13.0. The highest BCUT2D eigenvalue weighted by atomic mass is 35.5. The lowest BCUT2D eigenvalue weighted by Gasteiger charge is -2.10. The number of fused-ring (bicyclic) bond motifs is 1. The Bertz CT molecular complexity index is 686. The molecule has 1 unspecified atom stereocenters. The fourth-order valence-corrected chi connectivity index (χ4v) is 3.00. The SMILES string of the molecule is O=C(Cc1ccc(F)cc1Cl)CC1CNc2ccccc21. The highest BCUT2D eigenvalue weighted by Gasteiger charge is 2.24. The van der Waals surface area contributed by atoms with E-state index in [0.717, 1.165) is 12.2 Å². The average Bonchev–Trinajstić information content (AvgIpc) is 2.85. The van der Waals surface area contributed by atoms with Crippen LogP contribution in [0.1, 0.15) is 23.5 Å². The van der Waals surface area contributed by atoms with Crippen molar-refractivity contribution in [1.29, 1.82) is 0 Å². The summed E-state index contributed by atoms with van der Waals surface area (Å²) in [5.41, 5.74) is 2.98. The van der Waals surface area contributed by atoms with Crippen molar-refractivity contribution in [2.45, 2.75) is 18.8 Å². The van der Waals surface area contributed by atoms with E-state index in [1.54, 1.807) is 6.07 Å². The molecule has 0 bridgehead atoms. The molecule has 0 aliphatic carbocycles. The Morgan fingerprint density at radius 3 is 2.90 bits per heavy atom. The summed E-state index contributed by atoms with van der Waals surface area (Å²) in [6, 6.07) is 12.2. The van der Waals surface area contributed by atoms with Gasteiger partial charge in [-0.3, -0.25) is 4.79 Å². The number of anilines is 1. The molecular formula is C17H15ClFNO. The van der Waals surface area contributed by atoms with E-state index in [1.807, 2.05) is 18.2 Å². The van der Waals surface area contributed by atoms with Crippen molar-refractivity contribution in [3.63, 3.8) is 0 Å². The van der Waals surface area contributed by atoms with E-state index in [9.17, 15) is 9.18 Å². The molecule has 0 radical (unpaired) electrons. The van der Waals surface area contributed by atoms with Crippen LogP contribution in [-0.4, -0.2) is 12.3 Å². The molecule has 1 atom stereocenters. The van der Waals surface area contributed by atoms with Crippen molar-refractivity contribution in [1.82, 2.24) is 0 Å². The molecule has 2 aromatic carbocycles. The monoisotopic (exact) mass is 303 g/mol. The number of nitrogens with one attached hydrogen (secondary N) is 1. The van der Waals surface area contributed by atoms with Gasteiger partial charge in [-0.25, -0.2) is 4.39 Å². The fraction of sp³-hybridized carbons (Fsp3) is 0.235. The molecule has 0 saturated heterocycles. The molecule has 3 rings (SSSR count). The average molecular weight is 304 g/mol. The van der Waals surface area contributed by atoms with Crippen LogP contribution in [-0.2, 0) is 11.2 Å². The van der Waals surface area contributed by atoms with Gasteiger partial charge in [-0.1, -0.05) is 35.9 Å². The number of halogens is 2. The Kier molecular flexibility index (Phi) is 3.93. The fourth-order valence-electron chi connectivity index (χ4n) is 2.76.